The molecule has 2 saturated heterocycles. The van der Waals surface area contributed by atoms with Gasteiger partial charge in [0.25, 0.3) is 0 Å². The van der Waals surface area contributed by atoms with Gasteiger partial charge in [0.05, 0.1) is 13.2 Å². The van der Waals surface area contributed by atoms with Crippen molar-refractivity contribution in [2.24, 2.45) is 0 Å². The summed E-state index contributed by atoms with van der Waals surface area (Å²) in [4.78, 5) is 12.3. The number of carbonyl (C=O) groups excluding carboxylic acids is 1. The van der Waals surface area contributed by atoms with Gasteiger partial charge in [-0.1, -0.05) is 6.42 Å². The quantitative estimate of drug-likeness (QED) is 0.766. The summed E-state index contributed by atoms with van der Waals surface area (Å²) in [5, 5.41) is 2.80. The van der Waals surface area contributed by atoms with E-state index >= 15 is 0 Å². The van der Waals surface area contributed by atoms with E-state index in [9.17, 15) is 13.2 Å². The third-order valence-corrected chi connectivity index (χ3v) is 7.02. The predicted molar refractivity (Wildman–Crippen MR) is 102 cm³/mol. The van der Waals surface area contributed by atoms with Crippen molar-refractivity contribution in [2.75, 3.05) is 32.1 Å². The van der Waals surface area contributed by atoms with Gasteiger partial charge in [-0.3, -0.25) is 4.79 Å². The van der Waals surface area contributed by atoms with Crippen LogP contribution in [0, 0.1) is 0 Å². The molecule has 1 N–H and O–H groups in total. The first-order valence-electron chi connectivity index (χ1n) is 9.60. The molecule has 2 heterocycles. The number of hydrogen-bond acceptors (Lipinski definition) is 5. The first-order chi connectivity index (χ1) is 13.0. The Kier molecular flexibility index (Phi) is 6.73. The zero-order valence-electron chi connectivity index (χ0n) is 15.8. The second-order valence-corrected chi connectivity index (χ2v) is 8.96. The van der Waals surface area contributed by atoms with Crippen molar-refractivity contribution in [3.63, 3.8) is 0 Å². The molecule has 3 rings (SSSR count). The Balaban J connectivity index is 1.71. The number of piperidine rings is 1. The normalized spacial score (nSPS) is 21.1. The SMILES string of the molecule is COc1ccc(NC(=O)CCC2CCCO2)cc1S(=O)(=O)N1CCCCC1. The smallest absolute Gasteiger partial charge is 0.246 e. The van der Waals surface area contributed by atoms with Gasteiger partial charge in [0.1, 0.15) is 10.6 Å². The van der Waals surface area contributed by atoms with Crippen LogP contribution in [-0.2, 0) is 19.6 Å². The minimum atomic E-state index is -3.65. The van der Waals surface area contributed by atoms with Crippen molar-refractivity contribution < 1.29 is 22.7 Å². The molecule has 7 nitrogen and oxygen atoms in total. The summed E-state index contributed by atoms with van der Waals surface area (Å²) < 4.78 is 38.3. The van der Waals surface area contributed by atoms with Crippen LogP contribution in [0.2, 0.25) is 0 Å². The summed E-state index contributed by atoms with van der Waals surface area (Å²) in [6.45, 7) is 1.80. The second-order valence-electron chi connectivity index (χ2n) is 7.05. The number of rotatable bonds is 7. The molecule has 0 radical (unpaired) electrons. The van der Waals surface area contributed by atoms with Crippen molar-refractivity contribution in [3.05, 3.63) is 18.2 Å². The molecule has 150 valence electrons. The number of anilines is 1. The van der Waals surface area contributed by atoms with Crippen LogP contribution in [0.4, 0.5) is 5.69 Å². The molecule has 2 fully saturated rings. The summed E-state index contributed by atoms with van der Waals surface area (Å²) in [6, 6.07) is 4.75. The van der Waals surface area contributed by atoms with E-state index in [-0.39, 0.29) is 22.7 Å². The van der Waals surface area contributed by atoms with Gasteiger partial charge in [-0.25, -0.2) is 8.42 Å². The summed E-state index contributed by atoms with van der Waals surface area (Å²) in [6.07, 6.45) is 6.00. The molecular formula is C19H28N2O5S. The zero-order valence-corrected chi connectivity index (χ0v) is 16.6. The van der Waals surface area contributed by atoms with Crippen molar-refractivity contribution in [1.82, 2.24) is 4.31 Å². The number of nitrogens with zero attached hydrogens (tertiary/aromatic N) is 1. The Morgan fingerprint density at radius 1 is 1.26 bits per heavy atom. The maximum absolute atomic E-state index is 13.0. The van der Waals surface area contributed by atoms with Gasteiger partial charge < -0.3 is 14.8 Å². The third kappa shape index (κ3) is 5.00. The maximum atomic E-state index is 13.0. The minimum absolute atomic E-state index is 0.101. The van der Waals surface area contributed by atoms with E-state index < -0.39 is 10.0 Å². The van der Waals surface area contributed by atoms with Crippen molar-refractivity contribution >= 4 is 21.6 Å². The standard InChI is InChI=1S/C19H28N2O5S/c1-25-17-9-7-15(20-19(22)10-8-16-6-5-13-26-16)14-18(17)27(23,24)21-11-3-2-4-12-21/h7,9,14,16H,2-6,8,10-13H2,1H3,(H,20,22). The van der Waals surface area contributed by atoms with E-state index in [0.29, 0.717) is 31.6 Å². The highest BCUT2D eigenvalue weighted by Crippen LogP contribution is 2.31. The van der Waals surface area contributed by atoms with Crippen LogP contribution in [0.15, 0.2) is 23.1 Å². The molecular weight excluding hydrogens is 368 g/mol. The van der Waals surface area contributed by atoms with Gasteiger partial charge in [0.15, 0.2) is 0 Å². The van der Waals surface area contributed by atoms with Gasteiger partial charge in [-0.05, 0) is 50.3 Å². The van der Waals surface area contributed by atoms with Crippen LogP contribution in [0.25, 0.3) is 0 Å². The molecule has 0 aromatic heterocycles. The number of nitrogens with one attached hydrogen (secondary N) is 1. The number of carbonyl (C=O) groups is 1. The van der Waals surface area contributed by atoms with E-state index in [1.807, 2.05) is 0 Å². The molecule has 1 amide bonds. The van der Waals surface area contributed by atoms with E-state index in [0.717, 1.165) is 38.7 Å². The molecule has 1 aromatic carbocycles. The number of methoxy groups -OCH3 is 1. The highest BCUT2D eigenvalue weighted by Gasteiger charge is 2.29. The van der Waals surface area contributed by atoms with E-state index in [1.54, 1.807) is 12.1 Å². The highest BCUT2D eigenvalue weighted by molar-refractivity contribution is 7.89. The largest absolute Gasteiger partial charge is 0.495 e. The molecule has 0 saturated carbocycles. The number of benzene rings is 1. The Labute approximate surface area is 161 Å². The fourth-order valence-electron chi connectivity index (χ4n) is 3.59. The maximum Gasteiger partial charge on any atom is 0.246 e. The molecule has 1 aromatic rings. The summed E-state index contributed by atoms with van der Waals surface area (Å²) in [7, 11) is -2.20. The fourth-order valence-corrected chi connectivity index (χ4v) is 5.29. The van der Waals surface area contributed by atoms with E-state index in [2.05, 4.69) is 5.32 Å². The average Bonchev–Trinajstić information content (AvgIpc) is 3.21. The summed E-state index contributed by atoms with van der Waals surface area (Å²) >= 11 is 0. The van der Waals surface area contributed by atoms with Gasteiger partial charge in [0.2, 0.25) is 15.9 Å². The Bertz CT molecular complexity index is 753. The van der Waals surface area contributed by atoms with E-state index in [4.69, 9.17) is 9.47 Å². The van der Waals surface area contributed by atoms with Crippen LogP contribution in [0.3, 0.4) is 0 Å². The van der Waals surface area contributed by atoms with Gasteiger partial charge in [-0.2, -0.15) is 4.31 Å². The van der Waals surface area contributed by atoms with Crippen LogP contribution in [0.1, 0.15) is 44.9 Å². The highest BCUT2D eigenvalue weighted by atomic mass is 32.2. The van der Waals surface area contributed by atoms with Gasteiger partial charge in [-0.15, -0.1) is 0 Å². The molecule has 27 heavy (non-hydrogen) atoms. The molecule has 0 bridgehead atoms. The van der Waals surface area contributed by atoms with Gasteiger partial charge >= 0.3 is 0 Å². The monoisotopic (exact) mass is 396 g/mol. The van der Waals surface area contributed by atoms with Crippen molar-refractivity contribution in [2.45, 2.75) is 55.9 Å². The third-order valence-electron chi connectivity index (χ3n) is 5.10. The Hall–Kier alpha value is -1.64. The minimum Gasteiger partial charge on any atom is -0.495 e. The molecule has 2 aliphatic heterocycles. The first-order valence-corrected chi connectivity index (χ1v) is 11.0. The van der Waals surface area contributed by atoms with Crippen molar-refractivity contribution in [3.8, 4) is 5.75 Å². The van der Waals surface area contributed by atoms with Crippen LogP contribution >= 0.6 is 0 Å². The second kappa shape index (κ2) is 9.03. The number of amides is 1. The molecule has 1 unspecified atom stereocenters. The lowest BCUT2D eigenvalue weighted by molar-refractivity contribution is -0.116. The van der Waals surface area contributed by atoms with Crippen LogP contribution in [0.5, 0.6) is 5.75 Å². The fraction of sp³-hybridized carbons (Fsp3) is 0.632. The lowest BCUT2D eigenvalue weighted by Gasteiger charge is -2.26. The number of hydrogen-bond donors (Lipinski definition) is 1. The Morgan fingerprint density at radius 3 is 2.70 bits per heavy atom. The predicted octanol–water partition coefficient (Wildman–Crippen LogP) is 2.77. The van der Waals surface area contributed by atoms with Crippen LogP contribution in [-0.4, -0.2) is 51.5 Å². The van der Waals surface area contributed by atoms with Gasteiger partial charge in [0, 0.05) is 31.8 Å². The lowest BCUT2D eigenvalue weighted by atomic mass is 10.1. The topological polar surface area (TPSA) is 84.9 Å². The summed E-state index contributed by atoms with van der Waals surface area (Å²) in [5.41, 5.74) is 0.462. The summed E-state index contributed by atoms with van der Waals surface area (Å²) in [5.74, 6) is 0.148. The van der Waals surface area contributed by atoms with Crippen molar-refractivity contribution in [1.29, 1.82) is 0 Å². The molecule has 0 aliphatic carbocycles. The lowest BCUT2D eigenvalue weighted by Crippen LogP contribution is -2.35. The molecule has 2 aliphatic rings. The number of sulfonamides is 1. The Morgan fingerprint density at radius 2 is 2.04 bits per heavy atom. The molecule has 0 spiro atoms. The molecule has 8 heteroatoms. The van der Waals surface area contributed by atoms with Crippen LogP contribution < -0.4 is 10.1 Å². The zero-order chi connectivity index (χ0) is 19.3. The average molecular weight is 397 g/mol. The molecule has 1 atom stereocenters. The van der Waals surface area contributed by atoms with E-state index in [1.165, 1.54) is 17.5 Å². The number of ether oxygens (including phenoxy) is 2. The first kappa shape index (κ1) is 20.1.